The fourth-order valence-corrected chi connectivity index (χ4v) is 2.98. The van der Waals surface area contributed by atoms with Crippen molar-refractivity contribution in [3.05, 3.63) is 59.7 Å². The summed E-state index contributed by atoms with van der Waals surface area (Å²) in [7, 11) is 0. The monoisotopic (exact) mass is 386 g/mol. The van der Waals surface area contributed by atoms with E-state index in [-0.39, 0.29) is 5.56 Å². The van der Waals surface area contributed by atoms with E-state index in [1.807, 2.05) is 0 Å². The molecule has 5 nitrogen and oxygen atoms in total. The number of benzene rings is 1. The van der Waals surface area contributed by atoms with Crippen molar-refractivity contribution in [2.45, 2.75) is 6.92 Å². The Balaban J connectivity index is 2.91. The summed E-state index contributed by atoms with van der Waals surface area (Å²) in [6, 6.07) is 5.16. The van der Waals surface area contributed by atoms with Crippen LogP contribution in [-0.2, 0) is 0 Å². The fraction of sp³-hybridized carbons (Fsp3) is 0.0833. The van der Waals surface area contributed by atoms with Crippen molar-refractivity contribution in [1.29, 1.82) is 0 Å². The van der Waals surface area contributed by atoms with Crippen LogP contribution in [0, 0.1) is 0 Å². The fourth-order valence-electron chi connectivity index (χ4n) is 1.63. The van der Waals surface area contributed by atoms with Gasteiger partial charge in [0.1, 0.15) is 0 Å². The highest BCUT2D eigenvalue weighted by molar-refractivity contribution is 9.11. The number of H-pyrrole nitrogens is 1. The molecule has 19 heavy (non-hydrogen) atoms. The molecular weight excluding hydrogens is 380 g/mol. The van der Waals surface area contributed by atoms with Gasteiger partial charge in [0.25, 0.3) is 5.56 Å². The molecule has 0 fully saturated rings. The minimum Gasteiger partial charge on any atom is -0.313 e. The summed E-state index contributed by atoms with van der Waals surface area (Å²) in [5.41, 5.74) is -0.967. The van der Waals surface area contributed by atoms with E-state index in [2.05, 4.69) is 36.8 Å². The van der Waals surface area contributed by atoms with Crippen LogP contribution in [0.1, 0.15) is 17.3 Å². The summed E-state index contributed by atoms with van der Waals surface area (Å²) in [5.74, 6) is -0.404. The Morgan fingerprint density at radius 2 is 1.79 bits per heavy atom. The minimum atomic E-state index is -0.649. The number of aromatic nitrogens is 2. The van der Waals surface area contributed by atoms with Crippen LogP contribution in [0.4, 0.5) is 0 Å². The molecule has 98 valence electrons. The van der Waals surface area contributed by atoms with Gasteiger partial charge < -0.3 is 4.98 Å². The number of hydrogen-bond acceptors (Lipinski definition) is 3. The van der Waals surface area contributed by atoms with Crippen LogP contribution in [0.5, 0.6) is 0 Å². The number of carbonyl (C=O) groups excluding carboxylic acids is 1. The smallest absolute Gasteiger partial charge is 0.313 e. The third-order valence-corrected chi connectivity index (χ3v) is 3.80. The standard InChI is InChI=1S/C12H8Br2N2O3/c1-6(17)7-5-15-12(19)16(11(7)18)10-8(13)3-2-4-9(10)14/h2-5H,1H3,(H,15,19). The quantitative estimate of drug-likeness (QED) is 0.803. The van der Waals surface area contributed by atoms with Gasteiger partial charge in [-0.3, -0.25) is 9.59 Å². The van der Waals surface area contributed by atoms with Gasteiger partial charge in [-0.15, -0.1) is 0 Å². The Bertz CT molecular complexity index is 757. The van der Waals surface area contributed by atoms with Crippen molar-refractivity contribution < 1.29 is 4.79 Å². The van der Waals surface area contributed by atoms with E-state index >= 15 is 0 Å². The Hall–Kier alpha value is -1.47. The molecule has 2 rings (SSSR count). The highest BCUT2D eigenvalue weighted by Crippen LogP contribution is 2.27. The molecule has 2 aromatic rings. The Morgan fingerprint density at radius 1 is 1.21 bits per heavy atom. The van der Waals surface area contributed by atoms with Gasteiger partial charge in [-0.2, -0.15) is 0 Å². The van der Waals surface area contributed by atoms with E-state index in [1.54, 1.807) is 18.2 Å². The molecule has 1 aromatic heterocycles. The molecule has 7 heteroatoms. The van der Waals surface area contributed by atoms with Crippen LogP contribution in [0.3, 0.4) is 0 Å². The zero-order chi connectivity index (χ0) is 14.2. The zero-order valence-corrected chi connectivity index (χ0v) is 12.9. The Morgan fingerprint density at radius 3 is 2.32 bits per heavy atom. The lowest BCUT2D eigenvalue weighted by Gasteiger charge is -2.09. The molecule has 0 amide bonds. The number of Topliss-reactive ketones (excluding diaryl/α,β-unsaturated/α-hetero) is 1. The lowest BCUT2D eigenvalue weighted by atomic mass is 10.2. The minimum absolute atomic E-state index is 0.0674. The summed E-state index contributed by atoms with van der Waals surface area (Å²) in [5, 5.41) is 0. The van der Waals surface area contributed by atoms with Crippen LogP contribution >= 0.6 is 31.9 Å². The first-order valence-corrected chi connectivity index (χ1v) is 6.82. The summed E-state index contributed by atoms with van der Waals surface area (Å²) < 4.78 is 2.05. The van der Waals surface area contributed by atoms with Crippen molar-refractivity contribution in [2.75, 3.05) is 0 Å². The van der Waals surface area contributed by atoms with E-state index in [1.165, 1.54) is 6.92 Å². The predicted molar refractivity (Wildman–Crippen MR) is 78.1 cm³/mol. The molecule has 0 aliphatic rings. The van der Waals surface area contributed by atoms with Crippen LogP contribution in [0.2, 0.25) is 0 Å². The number of ketones is 1. The lowest BCUT2D eigenvalue weighted by molar-refractivity contribution is 0.101. The lowest BCUT2D eigenvalue weighted by Crippen LogP contribution is -2.36. The second-order valence-corrected chi connectivity index (χ2v) is 5.48. The van der Waals surface area contributed by atoms with Gasteiger partial charge in [-0.05, 0) is 50.9 Å². The van der Waals surface area contributed by atoms with Crippen LogP contribution in [-0.4, -0.2) is 15.3 Å². The molecule has 0 bridgehead atoms. The largest absolute Gasteiger partial charge is 0.333 e. The van der Waals surface area contributed by atoms with Crippen molar-refractivity contribution in [3.63, 3.8) is 0 Å². The molecule has 0 aliphatic heterocycles. The average molecular weight is 388 g/mol. The van der Waals surface area contributed by atoms with E-state index in [0.717, 1.165) is 10.8 Å². The number of para-hydroxylation sites is 1. The second-order valence-electron chi connectivity index (χ2n) is 3.77. The van der Waals surface area contributed by atoms with Crippen molar-refractivity contribution in [1.82, 2.24) is 9.55 Å². The van der Waals surface area contributed by atoms with E-state index in [9.17, 15) is 14.4 Å². The summed E-state index contributed by atoms with van der Waals surface area (Å²) in [4.78, 5) is 37.9. The third kappa shape index (κ3) is 2.48. The predicted octanol–water partition coefficient (Wildman–Crippen LogP) is 2.25. The van der Waals surface area contributed by atoms with Gasteiger partial charge in [0.05, 0.1) is 11.3 Å². The maximum atomic E-state index is 12.2. The Labute approximate surface area is 124 Å². The molecule has 0 spiro atoms. The van der Waals surface area contributed by atoms with Gasteiger partial charge >= 0.3 is 5.69 Å². The normalized spacial score (nSPS) is 10.5. The molecular formula is C12H8Br2N2O3. The molecule has 1 N–H and O–H groups in total. The number of aromatic amines is 1. The molecule has 1 heterocycles. The summed E-state index contributed by atoms with van der Waals surface area (Å²) in [6.07, 6.45) is 1.13. The van der Waals surface area contributed by atoms with Crippen molar-refractivity contribution in [2.24, 2.45) is 0 Å². The molecule has 0 unspecified atom stereocenters. The number of nitrogens with zero attached hydrogens (tertiary/aromatic N) is 1. The van der Waals surface area contributed by atoms with Crippen molar-refractivity contribution in [3.8, 4) is 5.69 Å². The first-order chi connectivity index (χ1) is 8.93. The average Bonchev–Trinajstić information content (AvgIpc) is 2.32. The molecule has 0 saturated carbocycles. The van der Waals surface area contributed by atoms with Gasteiger partial charge in [-0.25, -0.2) is 9.36 Å². The highest BCUT2D eigenvalue weighted by Gasteiger charge is 2.16. The van der Waals surface area contributed by atoms with Gasteiger partial charge in [0.2, 0.25) is 0 Å². The first-order valence-electron chi connectivity index (χ1n) is 5.23. The number of halogens is 2. The SMILES string of the molecule is CC(=O)c1c[nH]c(=O)n(-c2c(Br)cccc2Br)c1=O. The molecule has 0 radical (unpaired) electrons. The van der Waals surface area contributed by atoms with Crippen LogP contribution in [0.25, 0.3) is 5.69 Å². The van der Waals surface area contributed by atoms with Gasteiger partial charge in [0, 0.05) is 15.1 Å². The van der Waals surface area contributed by atoms with Crippen molar-refractivity contribution >= 4 is 37.6 Å². The van der Waals surface area contributed by atoms with E-state index in [4.69, 9.17) is 0 Å². The van der Waals surface area contributed by atoms with Gasteiger partial charge in [-0.1, -0.05) is 6.07 Å². The molecule has 0 aliphatic carbocycles. The zero-order valence-electron chi connectivity index (χ0n) is 9.74. The van der Waals surface area contributed by atoms with Crippen LogP contribution < -0.4 is 11.2 Å². The first kappa shape index (κ1) is 14.0. The third-order valence-electron chi connectivity index (χ3n) is 2.52. The number of carbonyl (C=O) groups is 1. The topological polar surface area (TPSA) is 71.9 Å². The maximum Gasteiger partial charge on any atom is 0.333 e. The molecule has 0 saturated heterocycles. The van der Waals surface area contributed by atoms with E-state index < -0.39 is 17.0 Å². The number of nitrogens with one attached hydrogen (secondary N) is 1. The molecule has 0 atom stereocenters. The molecule has 1 aromatic carbocycles. The second kappa shape index (κ2) is 5.26. The summed E-state index contributed by atoms with van der Waals surface area (Å²) >= 11 is 6.57. The number of rotatable bonds is 2. The summed E-state index contributed by atoms with van der Waals surface area (Å²) in [6.45, 7) is 1.27. The van der Waals surface area contributed by atoms with E-state index in [0.29, 0.717) is 14.6 Å². The highest BCUT2D eigenvalue weighted by atomic mass is 79.9. The maximum absolute atomic E-state index is 12.2. The van der Waals surface area contributed by atoms with Crippen LogP contribution in [0.15, 0.2) is 42.9 Å². The number of hydrogen-bond donors (Lipinski definition) is 1. The van der Waals surface area contributed by atoms with Gasteiger partial charge in [0.15, 0.2) is 5.78 Å². The Kier molecular flexibility index (Phi) is 3.86.